The number of hydrogen-bond donors (Lipinski definition) is 1. The Balaban J connectivity index is 1.34. The van der Waals surface area contributed by atoms with Gasteiger partial charge in [-0.2, -0.15) is 22.8 Å². The molecule has 3 heterocycles. The molecular formula is C17H23N5O3S. The van der Waals surface area contributed by atoms with Crippen molar-refractivity contribution in [2.75, 3.05) is 19.7 Å². The first-order valence-corrected chi connectivity index (χ1v) is 10.3. The molecule has 4 rings (SSSR count). The minimum atomic E-state index is -3.57. The van der Waals surface area contributed by atoms with Gasteiger partial charge in [0, 0.05) is 25.4 Å². The molecule has 0 unspecified atom stereocenters. The molecule has 2 N–H and O–H groups in total. The Morgan fingerprint density at radius 1 is 1.31 bits per heavy atom. The molecule has 0 bridgehead atoms. The summed E-state index contributed by atoms with van der Waals surface area (Å²) in [5.41, 5.74) is 1.14. The van der Waals surface area contributed by atoms with Crippen LogP contribution in [-0.4, -0.2) is 47.2 Å². The van der Waals surface area contributed by atoms with Crippen LogP contribution in [0.4, 0.5) is 0 Å². The first kappa shape index (κ1) is 17.4. The van der Waals surface area contributed by atoms with Gasteiger partial charge in [0.25, 0.3) is 10.2 Å². The van der Waals surface area contributed by atoms with Crippen LogP contribution in [0.5, 0.6) is 5.88 Å². The molecule has 1 spiro atoms. The predicted octanol–water partition coefficient (Wildman–Crippen LogP) is 1.26. The van der Waals surface area contributed by atoms with Gasteiger partial charge in [-0.1, -0.05) is 6.07 Å². The largest absolute Gasteiger partial charge is 0.477 e. The predicted molar refractivity (Wildman–Crippen MR) is 96.0 cm³/mol. The Kier molecular flexibility index (Phi) is 4.25. The Hall–Kier alpha value is -1.97. The summed E-state index contributed by atoms with van der Waals surface area (Å²) in [5.74, 6) is 1.75. The summed E-state index contributed by atoms with van der Waals surface area (Å²) in [6, 6.07) is 7.57. The number of rotatable bonds is 5. The normalized spacial score (nSPS) is 22.5. The maximum Gasteiger partial charge on any atom is 0.276 e. The van der Waals surface area contributed by atoms with Crippen molar-refractivity contribution in [3.05, 3.63) is 36.2 Å². The molecular weight excluding hydrogens is 354 g/mol. The van der Waals surface area contributed by atoms with Gasteiger partial charge in [0.05, 0.1) is 12.3 Å². The van der Waals surface area contributed by atoms with Gasteiger partial charge in [-0.3, -0.25) is 0 Å². The third-order valence-corrected chi connectivity index (χ3v) is 6.62. The molecule has 1 aliphatic carbocycles. The number of aromatic nitrogens is 3. The topological polar surface area (TPSA) is 103 Å². The maximum absolute atomic E-state index is 11.4. The molecule has 1 saturated carbocycles. The summed E-state index contributed by atoms with van der Waals surface area (Å²) in [6.45, 7) is 3.54. The van der Waals surface area contributed by atoms with Crippen LogP contribution in [0.15, 0.2) is 30.5 Å². The van der Waals surface area contributed by atoms with Crippen molar-refractivity contribution in [2.24, 2.45) is 16.5 Å². The molecule has 0 amide bonds. The number of nitrogens with zero attached hydrogens (tertiary/aromatic N) is 4. The highest BCUT2D eigenvalue weighted by Crippen LogP contribution is 2.59. The summed E-state index contributed by atoms with van der Waals surface area (Å²) >= 11 is 0. The lowest BCUT2D eigenvalue weighted by Gasteiger charge is -2.30. The number of aryl methyl sites for hydroxylation is 1. The number of nitrogens with two attached hydrogens (primary N) is 1. The molecule has 140 valence electrons. The van der Waals surface area contributed by atoms with Crippen molar-refractivity contribution in [3.8, 4) is 11.7 Å². The maximum atomic E-state index is 11.4. The monoisotopic (exact) mass is 377 g/mol. The highest BCUT2D eigenvalue weighted by Gasteiger charge is 2.55. The summed E-state index contributed by atoms with van der Waals surface area (Å²) in [5, 5.41) is 9.57. The molecule has 1 saturated heterocycles. The second-order valence-electron chi connectivity index (χ2n) is 7.25. The van der Waals surface area contributed by atoms with Crippen molar-refractivity contribution < 1.29 is 13.2 Å². The van der Waals surface area contributed by atoms with E-state index in [0.29, 0.717) is 31.5 Å². The van der Waals surface area contributed by atoms with E-state index in [0.717, 1.165) is 30.8 Å². The van der Waals surface area contributed by atoms with Crippen LogP contribution in [0.1, 0.15) is 25.0 Å². The molecule has 0 radical (unpaired) electrons. The Bertz CT molecular complexity index is 903. The average molecular weight is 377 g/mol. The minimum Gasteiger partial charge on any atom is -0.477 e. The van der Waals surface area contributed by atoms with E-state index in [1.54, 1.807) is 4.68 Å². The summed E-state index contributed by atoms with van der Waals surface area (Å²) in [7, 11) is -3.57. The van der Waals surface area contributed by atoms with E-state index in [-0.39, 0.29) is 5.41 Å². The van der Waals surface area contributed by atoms with Crippen molar-refractivity contribution >= 4 is 10.2 Å². The first-order chi connectivity index (χ1) is 12.4. The fourth-order valence-electron chi connectivity index (χ4n) is 3.81. The zero-order valence-corrected chi connectivity index (χ0v) is 15.5. The Morgan fingerprint density at radius 2 is 2.08 bits per heavy atom. The average Bonchev–Trinajstić information content (AvgIpc) is 3.07. The molecule has 9 heteroatoms. The fourth-order valence-corrected chi connectivity index (χ4v) is 4.50. The van der Waals surface area contributed by atoms with Gasteiger partial charge >= 0.3 is 0 Å². The van der Waals surface area contributed by atoms with Crippen molar-refractivity contribution in [1.82, 2.24) is 19.1 Å². The molecule has 8 nitrogen and oxygen atoms in total. The second kappa shape index (κ2) is 6.33. The van der Waals surface area contributed by atoms with E-state index in [9.17, 15) is 8.42 Å². The summed E-state index contributed by atoms with van der Waals surface area (Å²) in [6.07, 6.45) is 4.63. The van der Waals surface area contributed by atoms with Gasteiger partial charge in [-0.15, -0.1) is 0 Å². The van der Waals surface area contributed by atoms with E-state index in [2.05, 4.69) is 10.1 Å². The quantitative estimate of drug-likeness (QED) is 0.845. The molecule has 1 atom stereocenters. The lowest BCUT2D eigenvalue weighted by atomic mass is 9.92. The highest BCUT2D eigenvalue weighted by molar-refractivity contribution is 7.86. The molecule has 2 aromatic heterocycles. The van der Waals surface area contributed by atoms with E-state index >= 15 is 0 Å². The minimum absolute atomic E-state index is 0.206. The van der Waals surface area contributed by atoms with Crippen LogP contribution < -0.4 is 9.88 Å². The van der Waals surface area contributed by atoms with Crippen LogP contribution in [0.3, 0.4) is 0 Å². The molecule has 0 aromatic carbocycles. The van der Waals surface area contributed by atoms with Gasteiger partial charge in [-0.25, -0.2) is 9.82 Å². The third kappa shape index (κ3) is 3.46. The lowest BCUT2D eigenvalue weighted by Crippen LogP contribution is -2.43. The van der Waals surface area contributed by atoms with Gasteiger partial charge in [0.1, 0.15) is 0 Å². The lowest BCUT2D eigenvalue weighted by molar-refractivity contribution is 0.205. The Morgan fingerprint density at radius 3 is 2.73 bits per heavy atom. The molecule has 2 fully saturated rings. The van der Waals surface area contributed by atoms with Crippen molar-refractivity contribution in [3.63, 3.8) is 0 Å². The first-order valence-electron chi connectivity index (χ1n) is 8.76. The SMILES string of the molecule is Cc1ccn(-c2cccc(OC[C@@H]3CC34CCN(S(N)(=O)=O)CC4)n2)n1. The fraction of sp³-hybridized carbons (Fsp3) is 0.529. The van der Waals surface area contributed by atoms with Gasteiger partial charge in [0.15, 0.2) is 5.82 Å². The number of hydrogen-bond acceptors (Lipinski definition) is 5. The van der Waals surface area contributed by atoms with Gasteiger partial charge in [-0.05, 0) is 49.7 Å². The highest BCUT2D eigenvalue weighted by atomic mass is 32.2. The van der Waals surface area contributed by atoms with Gasteiger partial charge < -0.3 is 4.74 Å². The summed E-state index contributed by atoms with van der Waals surface area (Å²) < 4.78 is 31.9. The third-order valence-electron chi connectivity index (χ3n) is 5.54. The van der Waals surface area contributed by atoms with Crippen LogP contribution in [0, 0.1) is 18.3 Å². The van der Waals surface area contributed by atoms with Crippen molar-refractivity contribution in [1.29, 1.82) is 0 Å². The van der Waals surface area contributed by atoms with E-state index < -0.39 is 10.2 Å². The van der Waals surface area contributed by atoms with E-state index in [1.807, 2.05) is 37.4 Å². The molecule has 1 aliphatic heterocycles. The smallest absolute Gasteiger partial charge is 0.276 e. The number of piperidine rings is 1. The zero-order valence-electron chi connectivity index (χ0n) is 14.7. The van der Waals surface area contributed by atoms with E-state index in [4.69, 9.17) is 9.88 Å². The summed E-state index contributed by atoms with van der Waals surface area (Å²) in [4.78, 5) is 4.51. The molecule has 2 aliphatic rings. The van der Waals surface area contributed by atoms with Crippen LogP contribution in [0.2, 0.25) is 0 Å². The number of ether oxygens (including phenoxy) is 1. The van der Waals surface area contributed by atoms with Crippen LogP contribution in [-0.2, 0) is 10.2 Å². The molecule has 2 aromatic rings. The second-order valence-corrected chi connectivity index (χ2v) is 8.80. The Labute approximate surface area is 153 Å². The zero-order chi connectivity index (χ0) is 18.4. The van der Waals surface area contributed by atoms with Crippen molar-refractivity contribution in [2.45, 2.75) is 26.2 Å². The molecule has 26 heavy (non-hydrogen) atoms. The number of pyridine rings is 1. The van der Waals surface area contributed by atoms with E-state index in [1.165, 1.54) is 4.31 Å². The van der Waals surface area contributed by atoms with Crippen LogP contribution >= 0.6 is 0 Å². The van der Waals surface area contributed by atoms with Gasteiger partial charge in [0.2, 0.25) is 5.88 Å². The van der Waals surface area contributed by atoms with Crippen LogP contribution in [0.25, 0.3) is 5.82 Å². The standard InChI is InChI=1S/C17H23N5O3S/c1-13-5-8-22(20-13)15-3-2-4-16(19-15)25-12-14-11-17(14)6-9-21(10-7-17)26(18,23)24/h2-5,8,14H,6-7,9-12H2,1H3,(H2,18,23,24)/t14-/m0/s1.